The fraction of sp³-hybridized carbons (Fsp3) is 0. The number of fused-ring (bicyclic) bond motifs is 2. The first-order chi connectivity index (χ1) is 24.7. The van der Waals surface area contributed by atoms with Gasteiger partial charge in [0.1, 0.15) is 0 Å². The van der Waals surface area contributed by atoms with Crippen LogP contribution in [-0.4, -0.2) is 15.0 Å². The molecule has 1 aromatic heterocycles. The van der Waals surface area contributed by atoms with Crippen molar-refractivity contribution in [3.05, 3.63) is 188 Å². The lowest BCUT2D eigenvalue weighted by molar-refractivity contribution is 1.07. The smallest absolute Gasteiger partial charge is 0.164 e. The molecule has 0 saturated heterocycles. The van der Waals surface area contributed by atoms with Crippen molar-refractivity contribution in [2.24, 2.45) is 0 Å². The monoisotopic (exact) mass is 637 g/mol. The predicted octanol–water partition coefficient (Wildman–Crippen LogP) is 12.2. The molecule has 9 aromatic rings. The number of aromatic nitrogens is 3. The summed E-state index contributed by atoms with van der Waals surface area (Å²) in [6, 6.07) is 65.9. The molecule has 50 heavy (non-hydrogen) atoms. The molecule has 8 aromatic carbocycles. The summed E-state index contributed by atoms with van der Waals surface area (Å²) in [7, 11) is 0. The third kappa shape index (κ3) is 5.72. The number of hydrogen-bond donors (Lipinski definition) is 0. The van der Waals surface area contributed by atoms with Crippen LogP contribution in [0, 0.1) is 0 Å². The van der Waals surface area contributed by atoms with E-state index in [1.165, 1.54) is 38.4 Å². The molecule has 0 aliphatic rings. The largest absolute Gasteiger partial charge is 0.208 e. The summed E-state index contributed by atoms with van der Waals surface area (Å²) in [5, 5.41) is 4.74. The van der Waals surface area contributed by atoms with Gasteiger partial charge >= 0.3 is 0 Å². The molecule has 0 fully saturated rings. The summed E-state index contributed by atoms with van der Waals surface area (Å²) in [5.41, 5.74) is 9.85. The second kappa shape index (κ2) is 12.7. The van der Waals surface area contributed by atoms with Crippen molar-refractivity contribution >= 4 is 21.5 Å². The van der Waals surface area contributed by atoms with Gasteiger partial charge in [0, 0.05) is 16.7 Å². The van der Waals surface area contributed by atoms with Crippen LogP contribution < -0.4 is 0 Å². The topological polar surface area (TPSA) is 38.7 Å². The summed E-state index contributed by atoms with van der Waals surface area (Å²) in [5.74, 6) is 1.92. The average molecular weight is 638 g/mol. The zero-order chi connectivity index (χ0) is 33.3. The van der Waals surface area contributed by atoms with Gasteiger partial charge in [0.05, 0.1) is 0 Å². The van der Waals surface area contributed by atoms with Gasteiger partial charge < -0.3 is 0 Å². The SMILES string of the molecule is c1ccc(-c2ccc(-c3nc(-c4cccc(-c5cccc6ccccc56)c4)nc(-c4ccc5cc(-c6ccccc6)ccc5c4)n3)cc2)cc1. The summed E-state index contributed by atoms with van der Waals surface area (Å²) < 4.78 is 0. The Bertz CT molecular complexity index is 2620. The van der Waals surface area contributed by atoms with Gasteiger partial charge in [-0.15, -0.1) is 0 Å². The van der Waals surface area contributed by atoms with Crippen LogP contribution in [0.1, 0.15) is 0 Å². The van der Waals surface area contributed by atoms with Crippen LogP contribution in [0.4, 0.5) is 0 Å². The van der Waals surface area contributed by atoms with Crippen molar-refractivity contribution in [3.8, 4) is 67.5 Å². The lowest BCUT2D eigenvalue weighted by atomic mass is 9.97. The summed E-state index contributed by atoms with van der Waals surface area (Å²) in [4.78, 5) is 15.3. The second-order valence-corrected chi connectivity index (χ2v) is 12.5. The van der Waals surface area contributed by atoms with Crippen LogP contribution in [0.5, 0.6) is 0 Å². The highest BCUT2D eigenvalue weighted by Gasteiger charge is 2.15. The molecule has 3 nitrogen and oxygen atoms in total. The van der Waals surface area contributed by atoms with Gasteiger partial charge in [-0.3, -0.25) is 0 Å². The maximum atomic E-state index is 5.11. The van der Waals surface area contributed by atoms with Crippen LogP contribution in [0.25, 0.3) is 89.1 Å². The van der Waals surface area contributed by atoms with E-state index in [2.05, 4.69) is 176 Å². The van der Waals surface area contributed by atoms with E-state index < -0.39 is 0 Å². The molecule has 3 heteroatoms. The quantitative estimate of drug-likeness (QED) is 0.182. The maximum Gasteiger partial charge on any atom is 0.164 e. The highest BCUT2D eigenvalue weighted by molar-refractivity contribution is 5.97. The average Bonchev–Trinajstić information content (AvgIpc) is 3.21. The van der Waals surface area contributed by atoms with E-state index >= 15 is 0 Å². The Morgan fingerprint density at radius 3 is 1.40 bits per heavy atom. The van der Waals surface area contributed by atoms with Crippen LogP contribution in [0.15, 0.2) is 188 Å². The third-order valence-corrected chi connectivity index (χ3v) is 9.31. The number of benzene rings is 8. The predicted molar refractivity (Wildman–Crippen MR) is 207 cm³/mol. The molecular weight excluding hydrogens is 607 g/mol. The van der Waals surface area contributed by atoms with E-state index in [0.29, 0.717) is 17.5 Å². The number of nitrogens with zero attached hydrogens (tertiary/aromatic N) is 3. The van der Waals surface area contributed by atoms with E-state index in [-0.39, 0.29) is 0 Å². The first-order valence-corrected chi connectivity index (χ1v) is 16.9. The zero-order valence-electron chi connectivity index (χ0n) is 27.2. The Kier molecular flexibility index (Phi) is 7.49. The molecule has 9 rings (SSSR count). The lowest BCUT2D eigenvalue weighted by Gasteiger charge is -2.12. The van der Waals surface area contributed by atoms with Gasteiger partial charge in [-0.25, -0.2) is 15.0 Å². The van der Waals surface area contributed by atoms with E-state index in [1.54, 1.807) is 0 Å². The Hall–Kier alpha value is -6.71. The van der Waals surface area contributed by atoms with Gasteiger partial charge in [0.15, 0.2) is 17.5 Å². The minimum atomic E-state index is 0.638. The first kappa shape index (κ1) is 29.4. The van der Waals surface area contributed by atoms with Gasteiger partial charge in [-0.1, -0.05) is 170 Å². The Morgan fingerprint density at radius 1 is 0.240 bits per heavy atom. The van der Waals surface area contributed by atoms with E-state index in [0.717, 1.165) is 33.2 Å². The van der Waals surface area contributed by atoms with Crippen molar-refractivity contribution in [1.82, 2.24) is 15.0 Å². The van der Waals surface area contributed by atoms with Crippen molar-refractivity contribution in [1.29, 1.82) is 0 Å². The molecule has 0 atom stereocenters. The van der Waals surface area contributed by atoms with Gasteiger partial charge in [0.2, 0.25) is 0 Å². The van der Waals surface area contributed by atoms with E-state index in [9.17, 15) is 0 Å². The fourth-order valence-electron chi connectivity index (χ4n) is 6.70. The summed E-state index contributed by atoms with van der Waals surface area (Å²) in [6.45, 7) is 0. The molecule has 0 unspecified atom stereocenters. The van der Waals surface area contributed by atoms with E-state index in [1.807, 2.05) is 12.1 Å². The number of hydrogen-bond acceptors (Lipinski definition) is 3. The van der Waals surface area contributed by atoms with Crippen molar-refractivity contribution in [2.45, 2.75) is 0 Å². The molecule has 234 valence electrons. The Labute approximate surface area is 291 Å². The Balaban J connectivity index is 1.16. The minimum absolute atomic E-state index is 0.638. The maximum absolute atomic E-state index is 5.11. The van der Waals surface area contributed by atoms with Crippen molar-refractivity contribution in [2.75, 3.05) is 0 Å². The molecule has 0 saturated carbocycles. The lowest BCUT2D eigenvalue weighted by Crippen LogP contribution is -2.00. The van der Waals surface area contributed by atoms with Crippen molar-refractivity contribution < 1.29 is 0 Å². The molecule has 0 amide bonds. The van der Waals surface area contributed by atoms with Gasteiger partial charge in [-0.2, -0.15) is 0 Å². The van der Waals surface area contributed by atoms with Gasteiger partial charge in [-0.05, 0) is 73.1 Å². The molecule has 0 spiro atoms. The van der Waals surface area contributed by atoms with Gasteiger partial charge in [0.25, 0.3) is 0 Å². The van der Waals surface area contributed by atoms with Crippen LogP contribution in [-0.2, 0) is 0 Å². The molecule has 0 aliphatic heterocycles. The summed E-state index contributed by atoms with van der Waals surface area (Å²) in [6.07, 6.45) is 0. The first-order valence-electron chi connectivity index (χ1n) is 16.9. The second-order valence-electron chi connectivity index (χ2n) is 12.5. The molecule has 0 N–H and O–H groups in total. The molecule has 0 radical (unpaired) electrons. The molecule has 0 bridgehead atoms. The Morgan fingerprint density at radius 2 is 0.680 bits per heavy atom. The van der Waals surface area contributed by atoms with Crippen molar-refractivity contribution in [3.63, 3.8) is 0 Å². The normalized spacial score (nSPS) is 11.2. The van der Waals surface area contributed by atoms with Crippen LogP contribution in [0.2, 0.25) is 0 Å². The fourth-order valence-corrected chi connectivity index (χ4v) is 6.70. The van der Waals surface area contributed by atoms with E-state index in [4.69, 9.17) is 15.0 Å². The third-order valence-electron chi connectivity index (χ3n) is 9.31. The minimum Gasteiger partial charge on any atom is -0.208 e. The highest BCUT2D eigenvalue weighted by atomic mass is 15.0. The van der Waals surface area contributed by atoms with Crippen LogP contribution in [0.3, 0.4) is 0 Å². The zero-order valence-corrected chi connectivity index (χ0v) is 27.2. The number of rotatable bonds is 6. The van der Waals surface area contributed by atoms with Crippen LogP contribution >= 0.6 is 0 Å². The molecule has 1 heterocycles. The molecular formula is C47H31N3. The summed E-state index contributed by atoms with van der Waals surface area (Å²) >= 11 is 0. The standard InChI is InChI=1S/C47H31N3/c1-3-11-32(12-4-1)34-21-23-36(24-22-34)45-48-46(41-18-9-17-40(31-41)44-20-10-16-35-15-7-8-19-43(35)44)50-47(49-45)42-28-27-38-29-37(25-26-39(38)30-42)33-13-5-2-6-14-33/h1-31H. The highest BCUT2D eigenvalue weighted by Crippen LogP contribution is 2.33. The molecule has 0 aliphatic carbocycles.